The highest BCUT2D eigenvalue weighted by molar-refractivity contribution is 5.68. The molecule has 1 aliphatic heterocycles. The first-order valence-electron chi connectivity index (χ1n) is 14.2. The van der Waals surface area contributed by atoms with Crippen LogP contribution in [0.15, 0.2) is 27.6 Å². The summed E-state index contributed by atoms with van der Waals surface area (Å²) in [5, 5.41) is 34.2. The fourth-order valence-electron chi connectivity index (χ4n) is 9.51. The van der Waals surface area contributed by atoms with Crippen LogP contribution >= 0.6 is 0 Å². The number of nitrogens with zero attached hydrogens (tertiary/aromatic N) is 1. The molecule has 2 heterocycles. The second kappa shape index (κ2) is 8.55. The van der Waals surface area contributed by atoms with Crippen molar-refractivity contribution in [1.82, 2.24) is 4.90 Å². The summed E-state index contributed by atoms with van der Waals surface area (Å²) in [5.74, 6) is 0.431. The maximum atomic E-state index is 12.7. The molecule has 9 atom stereocenters. The number of fused-ring (bicyclic) bond motifs is 5. The van der Waals surface area contributed by atoms with Gasteiger partial charge in [-0.25, -0.2) is 9.59 Å². The molecule has 37 heavy (non-hydrogen) atoms. The van der Waals surface area contributed by atoms with Gasteiger partial charge in [0.25, 0.3) is 0 Å². The molecule has 8 nitrogen and oxygen atoms in total. The SMILES string of the molecule is C[C@]12CC[C@H](OC(=O)N3CC[C@@H](O)C3)C[C@@]1(O)CC[C@@H]1[C@@H]2CC[C@]2(C)[C@@H](c3ccc(=O)oc3)CC[C@]12O. The summed E-state index contributed by atoms with van der Waals surface area (Å²) in [6.07, 6.45) is 7.52. The zero-order valence-corrected chi connectivity index (χ0v) is 22.0. The number of carbonyl (C=O) groups excluding carboxylic acids is 1. The number of hydrogen-bond donors (Lipinski definition) is 3. The Hall–Kier alpha value is -1.90. The van der Waals surface area contributed by atoms with E-state index in [-0.39, 0.29) is 46.4 Å². The molecule has 1 amide bonds. The van der Waals surface area contributed by atoms with E-state index in [1.54, 1.807) is 11.2 Å². The predicted molar refractivity (Wildman–Crippen MR) is 135 cm³/mol. The zero-order chi connectivity index (χ0) is 26.2. The number of β-amino-alcohol motifs (C(OH)–C–C–N with tert-alkyl or cyclic N) is 1. The maximum absolute atomic E-state index is 12.7. The molecule has 0 bridgehead atoms. The lowest BCUT2D eigenvalue weighted by Crippen LogP contribution is -2.67. The van der Waals surface area contributed by atoms with Crippen LogP contribution in [0.25, 0.3) is 0 Å². The van der Waals surface area contributed by atoms with E-state index in [1.807, 2.05) is 6.07 Å². The minimum Gasteiger partial charge on any atom is -0.446 e. The quantitative estimate of drug-likeness (QED) is 0.551. The van der Waals surface area contributed by atoms with Crippen molar-refractivity contribution in [2.24, 2.45) is 22.7 Å². The second-order valence-corrected chi connectivity index (χ2v) is 13.2. The molecular formula is C29H41NO7. The van der Waals surface area contributed by atoms with E-state index in [4.69, 9.17) is 9.15 Å². The molecule has 3 N–H and O–H groups in total. The van der Waals surface area contributed by atoms with Gasteiger partial charge >= 0.3 is 11.7 Å². The van der Waals surface area contributed by atoms with Gasteiger partial charge in [0.15, 0.2) is 0 Å². The molecule has 1 saturated heterocycles. The molecule has 4 aliphatic carbocycles. The van der Waals surface area contributed by atoms with Crippen LogP contribution in [0, 0.1) is 22.7 Å². The van der Waals surface area contributed by atoms with Gasteiger partial charge in [0.05, 0.1) is 23.6 Å². The Labute approximate surface area is 218 Å². The molecule has 0 spiro atoms. The third kappa shape index (κ3) is 3.65. The topological polar surface area (TPSA) is 120 Å². The lowest BCUT2D eigenvalue weighted by molar-refractivity contribution is -0.253. The molecule has 0 unspecified atom stereocenters. The number of amides is 1. The molecule has 1 aromatic rings. The largest absolute Gasteiger partial charge is 0.446 e. The Morgan fingerprint density at radius 1 is 1.00 bits per heavy atom. The van der Waals surface area contributed by atoms with Crippen molar-refractivity contribution in [2.45, 2.75) is 107 Å². The van der Waals surface area contributed by atoms with Gasteiger partial charge in [-0.05, 0) is 92.6 Å². The molecule has 6 rings (SSSR count). The summed E-state index contributed by atoms with van der Waals surface area (Å²) >= 11 is 0. The molecule has 1 aromatic heterocycles. The Bertz CT molecular complexity index is 1100. The van der Waals surface area contributed by atoms with Crippen LogP contribution < -0.4 is 5.63 Å². The highest BCUT2D eigenvalue weighted by Gasteiger charge is 2.70. The molecule has 0 radical (unpaired) electrons. The van der Waals surface area contributed by atoms with Crippen LogP contribution in [-0.4, -0.2) is 62.8 Å². The van der Waals surface area contributed by atoms with E-state index in [0.29, 0.717) is 45.2 Å². The number of carbonyl (C=O) groups is 1. The second-order valence-electron chi connectivity index (χ2n) is 13.2. The monoisotopic (exact) mass is 515 g/mol. The van der Waals surface area contributed by atoms with E-state index in [1.165, 1.54) is 6.07 Å². The average Bonchev–Trinajstić information content (AvgIpc) is 3.41. The van der Waals surface area contributed by atoms with Crippen molar-refractivity contribution in [1.29, 1.82) is 0 Å². The minimum absolute atomic E-state index is 0.0995. The van der Waals surface area contributed by atoms with Crippen molar-refractivity contribution in [3.8, 4) is 0 Å². The Morgan fingerprint density at radius 3 is 2.46 bits per heavy atom. The average molecular weight is 516 g/mol. The van der Waals surface area contributed by atoms with Crippen LogP contribution in [0.3, 0.4) is 0 Å². The van der Waals surface area contributed by atoms with Gasteiger partial charge in [0.2, 0.25) is 0 Å². The van der Waals surface area contributed by atoms with E-state index in [9.17, 15) is 24.9 Å². The van der Waals surface area contributed by atoms with Gasteiger partial charge in [0, 0.05) is 31.0 Å². The number of aliphatic hydroxyl groups is 3. The molecule has 5 aliphatic rings. The molecule has 5 fully saturated rings. The first-order valence-corrected chi connectivity index (χ1v) is 14.2. The Balaban J connectivity index is 1.20. The number of aliphatic hydroxyl groups excluding tert-OH is 1. The van der Waals surface area contributed by atoms with Crippen LogP contribution in [0.5, 0.6) is 0 Å². The third-order valence-corrected chi connectivity index (χ3v) is 11.8. The minimum atomic E-state index is -0.938. The van der Waals surface area contributed by atoms with E-state index >= 15 is 0 Å². The van der Waals surface area contributed by atoms with Gasteiger partial charge in [-0.15, -0.1) is 0 Å². The summed E-state index contributed by atoms with van der Waals surface area (Å²) in [6, 6.07) is 3.33. The first-order chi connectivity index (χ1) is 17.5. The van der Waals surface area contributed by atoms with Gasteiger partial charge in [0.1, 0.15) is 6.10 Å². The first kappa shape index (κ1) is 25.4. The van der Waals surface area contributed by atoms with Crippen molar-refractivity contribution in [3.05, 3.63) is 34.4 Å². The summed E-state index contributed by atoms with van der Waals surface area (Å²) in [6.45, 7) is 5.22. The lowest BCUT2D eigenvalue weighted by Gasteiger charge is -2.66. The number of likely N-dealkylation sites (tertiary alicyclic amines) is 1. The smallest absolute Gasteiger partial charge is 0.410 e. The zero-order valence-electron chi connectivity index (χ0n) is 22.0. The fraction of sp³-hybridized carbons (Fsp3) is 0.793. The van der Waals surface area contributed by atoms with Crippen LogP contribution in [0.1, 0.15) is 89.5 Å². The van der Waals surface area contributed by atoms with Crippen LogP contribution in [-0.2, 0) is 4.74 Å². The van der Waals surface area contributed by atoms with Crippen molar-refractivity contribution in [2.75, 3.05) is 13.1 Å². The number of rotatable bonds is 2. The van der Waals surface area contributed by atoms with E-state index in [0.717, 1.165) is 37.7 Å². The summed E-state index contributed by atoms with van der Waals surface area (Å²) < 4.78 is 11.0. The summed E-state index contributed by atoms with van der Waals surface area (Å²) in [5.41, 5.74) is -1.80. The van der Waals surface area contributed by atoms with Gasteiger partial charge < -0.3 is 29.4 Å². The van der Waals surface area contributed by atoms with Gasteiger partial charge in [-0.1, -0.05) is 13.8 Å². The normalized spacial score (nSPS) is 47.2. The highest BCUT2D eigenvalue weighted by Crippen LogP contribution is 2.71. The standard InChI is InChI=1S/C29H41NO7/c1-26-10-5-20(37-25(33)30-14-9-19(31)16-30)15-28(26,34)12-7-23-22(26)6-11-27(2)21(8-13-29(23,27)35)18-3-4-24(32)36-17-18/h3-4,17,19-23,31,34-35H,5-16H2,1-2H3/t19-,20+,21-,22+,23-,26-,27-,28+,29+/m1/s1. The summed E-state index contributed by atoms with van der Waals surface area (Å²) in [7, 11) is 0. The van der Waals surface area contributed by atoms with E-state index < -0.39 is 17.3 Å². The van der Waals surface area contributed by atoms with Crippen LogP contribution in [0.2, 0.25) is 0 Å². The molecule has 204 valence electrons. The number of ether oxygens (including phenoxy) is 1. The third-order valence-electron chi connectivity index (χ3n) is 11.8. The van der Waals surface area contributed by atoms with Crippen molar-refractivity contribution >= 4 is 6.09 Å². The highest BCUT2D eigenvalue weighted by atomic mass is 16.6. The molecule has 0 aromatic carbocycles. The Kier molecular flexibility index (Phi) is 5.87. The molecule has 8 heteroatoms. The predicted octanol–water partition coefficient (Wildman–Crippen LogP) is 3.57. The molecular weight excluding hydrogens is 474 g/mol. The van der Waals surface area contributed by atoms with Crippen molar-refractivity contribution < 1.29 is 29.3 Å². The Morgan fingerprint density at radius 2 is 1.76 bits per heavy atom. The molecule has 4 saturated carbocycles. The summed E-state index contributed by atoms with van der Waals surface area (Å²) in [4.78, 5) is 25.7. The van der Waals surface area contributed by atoms with Gasteiger partial charge in [-0.3, -0.25) is 0 Å². The number of hydrogen-bond acceptors (Lipinski definition) is 7. The maximum Gasteiger partial charge on any atom is 0.410 e. The van der Waals surface area contributed by atoms with E-state index in [2.05, 4.69) is 13.8 Å². The lowest BCUT2D eigenvalue weighted by atomic mass is 9.42. The van der Waals surface area contributed by atoms with Crippen molar-refractivity contribution in [3.63, 3.8) is 0 Å². The van der Waals surface area contributed by atoms with Crippen LogP contribution in [0.4, 0.5) is 4.79 Å². The fourth-order valence-corrected chi connectivity index (χ4v) is 9.51. The van der Waals surface area contributed by atoms with Gasteiger partial charge in [-0.2, -0.15) is 0 Å².